The zero-order valence-electron chi connectivity index (χ0n) is 16.5. The number of nitrogens with one attached hydrogen (secondary N) is 1. The maximum Gasteiger partial charge on any atom is 0.257 e. The minimum Gasteiger partial charge on any atom is -0.336 e. The maximum absolute atomic E-state index is 13.0. The first-order chi connectivity index (χ1) is 12.9. The van der Waals surface area contributed by atoms with Gasteiger partial charge in [-0.1, -0.05) is 26.0 Å². The van der Waals surface area contributed by atoms with Crippen LogP contribution in [0.2, 0.25) is 0 Å². The number of thiophene rings is 1. The van der Waals surface area contributed by atoms with Crippen LogP contribution in [-0.2, 0) is 0 Å². The van der Waals surface area contributed by atoms with Gasteiger partial charge in [-0.25, -0.2) is 0 Å². The summed E-state index contributed by atoms with van der Waals surface area (Å²) in [5.41, 5.74) is 8.10. The van der Waals surface area contributed by atoms with E-state index in [9.17, 15) is 9.59 Å². The number of carbonyl (C=O) groups is 2. The van der Waals surface area contributed by atoms with Crippen LogP contribution < -0.4 is 11.1 Å². The second-order valence-corrected chi connectivity index (χ2v) is 8.45. The van der Waals surface area contributed by atoms with Crippen LogP contribution in [0.15, 0.2) is 35.7 Å². The van der Waals surface area contributed by atoms with E-state index >= 15 is 0 Å². The zero-order valence-corrected chi connectivity index (χ0v) is 18.1. The summed E-state index contributed by atoms with van der Waals surface area (Å²) in [5.74, 6) is 0.532. The number of hydrogen-bond acceptors (Lipinski definition) is 4. The Hall–Kier alpha value is -1.89. The Morgan fingerprint density at radius 3 is 2.50 bits per heavy atom. The summed E-state index contributed by atoms with van der Waals surface area (Å²) in [6.45, 7) is 7.55. The fraction of sp³-hybridized carbons (Fsp3) is 0.429. The molecular formula is C21H28ClN3O2S. The van der Waals surface area contributed by atoms with Gasteiger partial charge in [0.2, 0.25) is 0 Å². The van der Waals surface area contributed by atoms with E-state index in [1.807, 2.05) is 34.5 Å². The van der Waals surface area contributed by atoms with Crippen LogP contribution in [0, 0.1) is 5.92 Å². The highest BCUT2D eigenvalue weighted by molar-refractivity contribution is 7.14. The van der Waals surface area contributed by atoms with Crippen LogP contribution in [0.3, 0.4) is 0 Å². The molecule has 0 aliphatic carbocycles. The molecule has 0 bridgehead atoms. The molecule has 3 N–H and O–H groups in total. The maximum atomic E-state index is 13.0. The molecule has 1 aliphatic rings. The first-order valence-electron chi connectivity index (χ1n) is 9.40. The number of anilines is 1. The molecule has 152 valence electrons. The summed E-state index contributed by atoms with van der Waals surface area (Å²) in [7, 11) is 0. The predicted molar refractivity (Wildman–Crippen MR) is 118 cm³/mol. The Labute approximate surface area is 176 Å². The second-order valence-electron chi connectivity index (χ2n) is 7.54. The Kier molecular flexibility index (Phi) is 7.63. The lowest BCUT2D eigenvalue weighted by Crippen LogP contribution is -2.34. The summed E-state index contributed by atoms with van der Waals surface area (Å²) in [5, 5.41) is 5.34. The van der Waals surface area contributed by atoms with Crippen LogP contribution in [0.4, 0.5) is 5.00 Å². The molecule has 1 fully saturated rings. The zero-order chi connectivity index (χ0) is 19.6. The quantitative estimate of drug-likeness (QED) is 0.753. The molecule has 2 atom stereocenters. The van der Waals surface area contributed by atoms with Crippen molar-refractivity contribution in [1.29, 1.82) is 0 Å². The third kappa shape index (κ3) is 4.74. The van der Waals surface area contributed by atoms with Gasteiger partial charge in [-0.2, -0.15) is 0 Å². The van der Waals surface area contributed by atoms with Gasteiger partial charge in [-0.05, 0) is 60.9 Å². The molecule has 2 aromatic rings. The van der Waals surface area contributed by atoms with Crippen molar-refractivity contribution in [2.45, 2.75) is 39.2 Å². The van der Waals surface area contributed by atoms with Gasteiger partial charge in [0.25, 0.3) is 11.8 Å². The van der Waals surface area contributed by atoms with E-state index in [4.69, 9.17) is 5.73 Å². The molecule has 1 saturated heterocycles. The highest BCUT2D eigenvalue weighted by Crippen LogP contribution is 2.30. The normalized spacial score (nSPS) is 18.8. The van der Waals surface area contributed by atoms with Crippen LogP contribution in [0.5, 0.6) is 0 Å². The molecular weight excluding hydrogens is 394 g/mol. The van der Waals surface area contributed by atoms with Crippen molar-refractivity contribution in [1.82, 2.24) is 4.90 Å². The number of amides is 2. The SMILES string of the molecule is CC(C)c1ccc(C(=O)Nc2sccc2C(=O)N2CC(CN)CC2C)cc1.Cl. The van der Waals surface area contributed by atoms with Crippen LogP contribution in [0.1, 0.15) is 59.4 Å². The van der Waals surface area contributed by atoms with Gasteiger partial charge in [-0.15, -0.1) is 23.7 Å². The number of nitrogens with two attached hydrogens (primary N) is 1. The number of benzene rings is 1. The number of hydrogen-bond donors (Lipinski definition) is 2. The number of rotatable bonds is 5. The van der Waals surface area contributed by atoms with Crippen LogP contribution >= 0.6 is 23.7 Å². The van der Waals surface area contributed by atoms with Gasteiger partial charge >= 0.3 is 0 Å². The molecule has 1 aromatic heterocycles. The smallest absolute Gasteiger partial charge is 0.257 e. The van der Waals surface area contributed by atoms with Gasteiger partial charge in [0.1, 0.15) is 5.00 Å². The van der Waals surface area contributed by atoms with Gasteiger partial charge in [-0.3, -0.25) is 9.59 Å². The Morgan fingerprint density at radius 1 is 1.25 bits per heavy atom. The lowest BCUT2D eigenvalue weighted by molar-refractivity contribution is 0.0745. The fourth-order valence-electron chi connectivity index (χ4n) is 3.52. The Morgan fingerprint density at radius 2 is 1.93 bits per heavy atom. The first kappa shape index (κ1) is 22.4. The molecule has 2 heterocycles. The monoisotopic (exact) mass is 421 g/mol. The van der Waals surface area contributed by atoms with Gasteiger partial charge in [0.15, 0.2) is 0 Å². The molecule has 2 amide bonds. The van der Waals surface area contributed by atoms with Crippen molar-refractivity contribution < 1.29 is 9.59 Å². The first-order valence-corrected chi connectivity index (χ1v) is 10.3. The summed E-state index contributed by atoms with van der Waals surface area (Å²) in [6, 6.07) is 9.55. The predicted octanol–water partition coefficient (Wildman–Crippen LogP) is 4.35. The summed E-state index contributed by atoms with van der Waals surface area (Å²) in [4.78, 5) is 27.5. The minimum atomic E-state index is -0.198. The Balaban J connectivity index is 0.00000280. The third-order valence-electron chi connectivity index (χ3n) is 5.22. The van der Waals surface area contributed by atoms with Crippen molar-refractivity contribution in [3.63, 3.8) is 0 Å². The van der Waals surface area contributed by atoms with E-state index in [1.165, 1.54) is 16.9 Å². The average Bonchev–Trinajstić information content (AvgIpc) is 3.27. The van der Waals surface area contributed by atoms with Crippen LogP contribution in [-0.4, -0.2) is 35.8 Å². The standard InChI is InChI=1S/C21H27N3O2S.ClH/c1-13(2)16-4-6-17(7-5-16)19(25)23-20-18(8-9-27-20)21(26)24-12-15(11-22)10-14(24)3;/h4-9,13-15H,10-12,22H2,1-3H3,(H,23,25);1H. The summed E-state index contributed by atoms with van der Waals surface area (Å²) < 4.78 is 0. The van der Waals surface area contributed by atoms with E-state index in [0.29, 0.717) is 41.1 Å². The molecule has 0 saturated carbocycles. The number of likely N-dealkylation sites (tertiary alicyclic amines) is 1. The van der Waals surface area contributed by atoms with Crippen molar-refractivity contribution in [3.05, 3.63) is 52.4 Å². The van der Waals surface area contributed by atoms with E-state index in [1.54, 1.807) is 6.07 Å². The molecule has 2 unspecified atom stereocenters. The topological polar surface area (TPSA) is 75.4 Å². The summed E-state index contributed by atoms with van der Waals surface area (Å²) in [6.07, 6.45) is 0.927. The molecule has 1 aromatic carbocycles. The molecule has 0 radical (unpaired) electrons. The molecule has 5 nitrogen and oxygen atoms in total. The molecule has 28 heavy (non-hydrogen) atoms. The molecule has 1 aliphatic heterocycles. The van der Waals surface area contributed by atoms with Crippen molar-refractivity contribution >= 4 is 40.6 Å². The second kappa shape index (κ2) is 9.54. The van der Waals surface area contributed by atoms with Crippen LogP contribution in [0.25, 0.3) is 0 Å². The largest absolute Gasteiger partial charge is 0.336 e. The lowest BCUT2D eigenvalue weighted by Gasteiger charge is -2.21. The van der Waals surface area contributed by atoms with Gasteiger partial charge in [0, 0.05) is 18.2 Å². The van der Waals surface area contributed by atoms with Crippen molar-refractivity contribution in [2.24, 2.45) is 11.7 Å². The minimum absolute atomic E-state index is 0. The number of halogens is 1. The fourth-order valence-corrected chi connectivity index (χ4v) is 4.29. The summed E-state index contributed by atoms with van der Waals surface area (Å²) >= 11 is 1.37. The third-order valence-corrected chi connectivity index (χ3v) is 6.05. The molecule has 7 heteroatoms. The van der Waals surface area contributed by atoms with Gasteiger partial charge in [0.05, 0.1) is 5.56 Å². The lowest BCUT2D eigenvalue weighted by atomic mass is 10.0. The van der Waals surface area contributed by atoms with E-state index in [2.05, 4.69) is 26.1 Å². The van der Waals surface area contributed by atoms with E-state index in [-0.39, 0.29) is 30.3 Å². The molecule has 0 spiro atoms. The molecule has 3 rings (SSSR count). The highest BCUT2D eigenvalue weighted by Gasteiger charge is 2.33. The van der Waals surface area contributed by atoms with E-state index in [0.717, 1.165) is 6.42 Å². The highest BCUT2D eigenvalue weighted by atomic mass is 35.5. The van der Waals surface area contributed by atoms with E-state index < -0.39 is 0 Å². The number of nitrogens with zero attached hydrogens (tertiary/aromatic N) is 1. The van der Waals surface area contributed by atoms with Gasteiger partial charge < -0.3 is 16.0 Å². The number of carbonyl (C=O) groups excluding carboxylic acids is 2. The Bertz CT molecular complexity index is 819. The van der Waals surface area contributed by atoms with Crippen molar-refractivity contribution in [2.75, 3.05) is 18.4 Å². The average molecular weight is 422 g/mol. The van der Waals surface area contributed by atoms with Crippen molar-refractivity contribution in [3.8, 4) is 0 Å².